The summed E-state index contributed by atoms with van der Waals surface area (Å²) in [5.41, 5.74) is 2.02. The lowest BCUT2D eigenvalue weighted by Crippen LogP contribution is -2.35. The van der Waals surface area contributed by atoms with Crippen LogP contribution in [0.5, 0.6) is 0 Å². The molecule has 104 valence electrons. The lowest BCUT2D eigenvalue weighted by atomic mass is 10.3. The van der Waals surface area contributed by atoms with Gasteiger partial charge in [-0.25, -0.2) is 4.68 Å². The number of carbonyl (C=O) groups is 2. The highest BCUT2D eigenvalue weighted by atomic mass is 16.2. The second kappa shape index (κ2) is 6.01. The lowest BCUT2D eigenvalue weighted by molar-refractivity contribution is -0.119. The van der Waals surface area contributed by atoms with Crippen molar-refractivity contribution < 1.29 is 9.59 Å². The fourth-order valence-corrected chi connectivity index (χ4v) is 1.76. The molecule has 1 heterocycles. The van der Waals surface area contributed by atoms with Gasteiger partial charge in [0, 0.05) is 12.7 Å². The van der Waals surface area contributed by atoms with Crippen LogP contribution in [-0.4, -0.2) is 35.2 Å². The Labute approximate surface area is 116 Å². The van der Waals surface area contributed by atoms with Crippen molar-refractivity contribution in [3.05, 3.63) is 47.8 Å². The van der Waals surface area contributed by atoms with Crippen LogP contribution in [0.3, 0.4) is 0 Å². The summed E-state index contributed by atoms with van der Waals surface area (Å²) in [6.45, 7) is 1.81. The van der Waals surface area contributed by atoms with Crippen molar-refractivity contribution in [1.29, 1.82) is 0 Å². The number of likely N-dealkylation sites (N-methyl/N-ethyl adjacent to an activating group) is 1. The fraction of sp³-hybridized carbons (Fsp3) is 0.214. The Bertz CT molecular complexity index is 619. The standard InChI is InChI=1S/C14H16N4O2/c1-10-8-12(14(20)16-9-13(19)15-2)17-18(10)11-6-4-3-5-7-11/h3-8H,9H2,1-2H3,(H,15,19)(H,16,20). The van der Waals surface area contributed by atoms with Gasteiger partial charge in [-0.3, -0.25) is 9.59 Å². The van der Waals surface area contributed by atoms with E-state index in [4.69, 9.17) is 0 Å². The zero-order valence-corrected chi connectivity index (χ0v) is 11.4. The zero-order chi connectivity index (χ0) is 14.5. The Morgan fingerprint density at radius 1 is 1.25 bits per heavy atom. The number of hydrogen-bond acceptors (Lipinski definition) is 3. The number of rotatable bonds is 4. The van der Waals surface area contributed by atoms with Crippen LogP contribution in [0.25, 0.3) is 5.69 Å². The highest BCUT2D eigenvalue weighted by molar-refractivity contribution is 5.94. The van der Waals surface area contributed by atoms with Crippen LogP contribution in [-0.2, 0) is 4.79 Å². The van der Waals surface area contributed by atoms with Gasteiger partial charge in [-0.15, -0.1) is 0 Å². The molecular weight excluding hydrogens is 256 g/mol. The van der Waals surface area contributed by atoms with Crippen LogP contribution in [0.4, 0.5) is 0 Å². The Morgan fingerprint density at radius 2 is 1.95 bits per heavy atom. The second-order valence-electron chi connectivity index (χ2n) is 4.27. The van der Waals surface area contributed by atoms with Gasteiger partial charge >= 0.3 is 0 Å². The summed E-state index contributed by atoms with van der Waals surface area (Å²) in [6.07, 6.45) is 0. The molecule has 6 nitrogen and oxygen atoms in total. The largest absolute Gasteiger partial charge is 0.358 e. The first kappa shape index (κ1) is 13.8. The minimum absolute atomic E-state index is 0.0629. The van der Waals surface area contributed by atoms with Gasteiger partial charge in [0.25, 0.3) is 5.91 Å². The molecule has 0 bridgehead atoms. The molecule has 0 aliphatic carbocycles. The van der Waals surface area contributed by atoms with Crippen LogP contribution in [0.2, 0.25) is 0 Å². The van der Waals surface area contributed by atoms with Gasteiger partial charge in [-0.1, -0.05) is 18.2 Å². The number of benzene rings is 1. The smallest absolute Gasteiger partial charge is 0.272 e. The summed E-state index contributed by atoms with van der Waals surface area (Å²) in [5.74, 6) is -0.621. The van der Waals surface area contributed by atoms with Crippen LogP contribution < -0.4 is 10.6 Å². The number of carbonyl (C=O) groups excluding carboxylic acids is 2. The van der Waals surface area contributed by atoms with Gasteiger partial charge in [-0.05, 0) is 25.1 Å². The molecule has 0 fully saturated rings. The van der Waals surface area contributed by atoms with E-state index in [1.54, 1.807) is 10.7 Å². The lowest BCUT2D eigenvalue weighted by Gasteiger charge is -2.03. The monoisotopic (exact) mass is 272 g/mol. The quantitative estimate of drug-likeness (QED) is 0.858. The van der Waals surface area contributed by atoms with Gasteiger partial charge in [0.2, 0.25) is 5.91 Å². The molecule has 1 aromatic heterocycles. The van der Waals surface area contributed by atoms with Crippen molar-refractivity contribution in [3.8, 4) is 5.69 Å². The minimum Gasteiger partial charge on any atom is -0.358 e. The number of aromatic nitrogens is 2. The van der Waals surface area contributed by atoms with Crippen molar-refractivity contribution in [2.75, 3.05) is 13.6 Å². The fourth-order valence-electron chi connectivity index (χ4n) is 1.76. The molecule has 2 N–H and O–H groups in total. The molecule has 2 amide bonds. The molecule has 0 unspecified atom stereocenters. The first-order valence-electron chi connectivity index (χ1n) is 6.22. The van der Waals surface area contributed by atoms with Gasteiger partial charge in [-0.2, -0.15) is 5.10 Å². The van der Waals surface area contributed by atoms with Crippen LogP contribution >= 0.6 is 0 Å². The number of para-hydroxylation sites is 1. The molecule has 1 aromatic carbocycles. The molecule has 0 aliphatic heterocycles. The third-order valence-electron chi connectivity index (χ3n) is 2.81. The van der Waals surface area contributed by atoms with Gasteiger partial charge in [0.15, 0.2) is 5.69 Å². The van der Waals surface area contributed by atoms with Gasteiger partial charge in [0.05, 0.1) is 12.2 Å². The highest BCUT2D eigenvalue weighted by Crippen LogP contribution is 2.11. The maximum Gasteiger partial charge on any atom is 0.272 e. The number of nitrogens with zero attached hydrogens (tertiary/aromatic N) is 2. The molecular formula is C14H16N4O2. The molecule has 2 aromatic rings. The summed E-state index contributed by atoms with van der Waals surface area (Å²) in [7, 11) is 1.52. The molecule has 0 aliphatic rings. The number of amides is 2. The van der Waals surface area contributed by atoms with E-state index in [0.29, 0.717) is 0 Å². The molecule has 0 atom stereocenters. The van der Waals surface area contributed by atoms with Gasteiger partial charge < -0.3 is 10.6 Å². The summed E-state index contributed by atoms with van der Waals surface area (Å²) >= 11 is 0. The first-order chi connectivity index (χ1) is 9.61. The van der Waals surface area contributed by atoms with Crippen molar-refractivity contribution >= 4 is 11.8 Å². The van der Waals surface area contributed by atoms with Crippen molar-refractivity contribution in [2.24, 2.45) is 0 Å². The van der Waals surface area contributed by atoms with Crippen LogP contribution in [0.15, 0.2) is 36.4 Å². The van der Waals surface area contributed by atoms with E-state index >= 15 is 0 Å². The van der Waals surface area contributed by atoms with Crippen molar-refractivity contribution in [2.45, 2.75) is 6.92 Å². The molecule has 2 rings (SSSR count). The topological polar surface area (TPSA) is 76.0 Å². The summed E-state index contributed by atoms with van der Waals surface area (Å²) in [6, 6.07) is 11.2. The highest BCUT2D eigenvalue weighted by Gasteiger charge is 2.13. The molecule has 0 spiro atoms. The van der Waals surface area contributed by atoms with Gasteiger partial charge in [0.1, 0.15) is 0 Å². The molecule has 20 heavy (non-hydrogen) atoms. The van der Waals surface area contributed by atoms with Crippen LogP contribution in [0.1, 0.15) is 16.2 Å². The Balaban J connectivity index is 2.15. The predicted molar refractivity (Wildman–Crippen MR) is 74.7 cm³/mol. The molecule has 0 saturated carbocycles. The average Bonchev–Trinajstić information content (AvgIpc) is 2.87. The normalized spacial score (nSPS) is 10.1. The van der Waals surface area contributed by atoms with E-state index in [1.807, 2.05) is 37.3 Å². The maximum atomic E-state index is 11.9. The maximum absolute atomic E-state index is 11.9. The summed E-state index contributed by atoms with van der Waals surface area (Å²) in [4.78, 5) is 23.0. The second-order valence-corrected chi connectivity index (χ2v) is 4.27. The van der Waals surface area contributed by atoms with Crippen molar-refractivity contribution in [1.82, 2.24) is 20.4 Å². The number of hydrogen-bond donors (Lipinski definition) is 2. The van der Waals surface area contributed by atoms with E-state index in [1.165, 1.54) is 7.05 Å². The Hall–Kier alpha value is -2.63. The molecule has 0 radical (unpaired) electrons. The van der Waals surface area contributed by atoms with Crippen molar-refractivity contribution in [3.63, 3.8) is 0 Å². The van der Waals surface area contributed by atoms with E-state index in [-0.39, 0.29) is 24.1 Å². The number of nitrogens with one attached hydrogen (secondary N) is 2. The third kappa shape index (κ3) is 3.03. The third-order valence-corrected chi connectivity index (χ3v) is 2.81. The van der Waals surface area contributed by atoms with E-state index in [2.05, 4.69) is 15.7 Å². The minimum atomic E-state index is -0.369. The summed E-state index contributed by atoms with van der Waals surface area (Å²) in [5, 5.41) is 9.21. The molecule has 6 heteroatoms. The van der Waals surface area contributed by atoms with Crippen LogP contribution in [0, 0.1) is 6.92 Å². The van der Waals surface area contributed by atoms with E-state index < -0.39 is 0 Å². The SMILES string of the molecule is CNC(=O)CNC(=O)c1cc(C)n(-c2ccccc2)n1. The summed E-state index contributed by atoms with van der Waals surface area (Å²) < 4.78 is 1.69. The van der Waals surface area contributed by atoms with E-state index in [0.717, 1.165) is 11.4 Å². The van der Waals surface area contributed by atoms with E-state index in [9.17, 15) is 9.59 Å². The Kier molecular flexibility index (Phi) is 4.14. The zero-order valence-electron chi connectivity index (χ0n) is 11.4. The predicted octanol–water partition coefficient (Wildman–Crippen LogP) is 0.657. The average molecular weight is 272 g/mol. The molecule has 0 saturated heterocycles. The Morgan fingerprint density at radius 3 is 2.60 bits per heavy atom. The number of aryl methyl sites for hydroxylation is 1. The first-order valence-corrected chi connectivity index (χ1v) is 6.22.